The van der Waals surface area contributed by atoms with E-state index in [0.717, 1.165) is 5.56 Å². The summed E-state index contributed by atoms with van der Waals surface area (Å²) in [5, 5.41) is 14.7. The Labute approximate surface area is 119 Å². The summed E-state index contributed by atoms with van der Waals surface area (Å²) < 4.78 is 13.2. The monoisotopic (exact) mass is 277 g/mol. The third-order valence-electron chi connectivity index (χ3n) is 2.66. The second kappa shape index (κ2) is 6.49. The fourth-order valence-electron chi connectivity index (χ4n) is 1.61. The van der Waals surface area contributed by atoms with Crippen LogP contribution in [-0.2, 0) is 11.3 Å². The molecule has 0 aliphatic carbocycles. The molecule has 0 aromatic heterocycles. The van der Waals surface area contributed by atoms with E-state index in [1.165, 1.54) is 12.1 Å². The Morgan fingerprint density at radius 2 is 2.10 bits per heavy atom. The van der Waals surface area contributed by atoms with Gasteiger partial charge in [0.2, 0.25) is 5.91 Å². The molecule has 1 aromatic carbocycles. The first-order valence-electron chi connectivity index (χ1n) is 6.47. The Bertz CT molecular complexity index is 529. The van der Waals surface area contributed by atoms with E-state index in [-0.39, 0.29) is 23.1 Å². The molecular formula is C15H20FN3O. The van der Waals surface area contributed by atoms with E-state index in [1.807, 2.05) is 20.8 Å². The summed E-state index contributed by atoms with van der Waals surface area (Å²) in [6.45, 7) is 7.90. The van der Waals surface area contributed by atoms with Gasteiger partial charge in [-0.1, -0.05) is 6.07 Å². The summed E-state index contributed by atoms with van der Waals surface area (Å²) in [5.74, 6) is -0.630. The Balaban J connectivity index is 2.59. The number of nitrogens with zero attached hydrogens (tertiary/aromatic N) is 1. The minimum Gasteiger partial charge on any atom is -0.350 e. The summed E-state index contributed by atoms with van der Waals surface area (Å²) in [4.78, 5) is 11.9. The van der Waals surface area contributed by atoms with Gasteiger partial charge in [0.05, 0.1) is 11.6 Å². The van der Waals surface area contributed by atoms with E-state index in [4.69, 9.17) is 5.26 Å². The van der Waals surface area contributed by atoms with E-state index >= 15 is 0 Å². The molecule has 1 rings (SSSR count). The molecule has 0 spiro atoms. The molecule has 0 heterocycles. The molecule has 1 unspecified atom stereocenters. The van der Waals surface area contributed by atoms with Gasteiger partial charge in [-0.3, -0.25) is 4.79 Å². The van der Waals surface area contributed by atoms with Crippen LogP contribution in [0, 0.1) is 17.1 Å². The van der Waals surface area contributed by atoms with Crippen molar-refractivity contribution in [1.29, 1.82) is 5.26 Å². The SMILES string of the molecule is CC(NCc1ccc(F)c(C#N)c1)C(=O)NC(C)(C)C. The van der Waals surface area contributed by atoms with E-state index in [1.54, 1.807) is 19.1 Å². The van der Waals surface area contributed by atoms with Gasteiger partial charge in [-0.15, -0.1) is 0 Å². The number of carbonyl (C=O) groups excluding carboxylic acids is 1. The molecule has 0 bridgehead atoms. The Morgan fingerprint density at radius 3 is 2.65 bits per heavy atom. The lowest BCUT2D eigenvalue weighted by Gasteiger charge is -2.23. The van der Waals surface area contributed by atoms with Crippen molar-refractivity contribution in [3.8, 4) is 6.07 Å². The smallest absolute Gasteiger partial charge is 0.237 e. The number of hydrogen-bond acceptors (Lipinski definition) is 3. The fraction of sp³-hybridized carbons (Fsp3) is 0.467. The van der Waals surface area contributed by atoms with Crippen LogP contribution >= 0.6 is 0 Å². The number of nitrogens with one attached hydrogen (secondary N) is 2. The van der Waals surface area contributed by atoms with Crippen LogP contribution in [0.2, 0.25) is 0 Å². The Hall–Kier alpha value is -1.93. The third-order valence-corrected chi connectivity index (χ3v) is 2.66. The molecule has 0 saturated heterocycles. The zero-order valence-electron chi connectivity index (χ0n) is 12.2. The highest BCUT2D eigenvalue weighted by Gasteiger charge is 2.18. The van der Waals surface area contributed by atoms with Crippen LogP contribution in [0.4, 0.5) is 4.39 Å². The highest BCUT2D eigenvalue weighted by molar-refractivity contribution is 5.81. The van der Waals surface area contributed by atoms with Crippen molar-refractivity contribution < 1.29 is 9.18 Å². The summed E-state index contributed by atoms with van der Waals surface area (Å²) >= 11 is 0. The number of rotatable bonds is 4. The van der Waals surface area contributed by atoms with Crippen LogP contribution < -0.4 is 10.6 Å². The lowest BCUT2D eigenvalue weighted by atomic mass is 10.1. The largest absolute Gasteiger partial charge is 0.350 e. The van der Waals surface area contributed by atoms with Gasteiger partial charge in [0.15, 0.2) is 0 Å². The van der Waals surface area contributed by atoms with Gasteiger partial charge in [-0.05, 0) is 45.4 Å². The molecule has 1 amide bonds. The lowest BCUT2D eigenvalue weighted by Crippen LogP contribution is -2.49. The predicted molar refractivity (Wildman–Crippen MR) is 75.3 cm³/mol. The molecule has 0 aliphatic heterocycles. The van der Waals surface area contributed by atoms with Gasteiger partial charge in [0.25, 0.3) is 0 Å². The average Bonchev–Trinajstić information content (AvgIpc) is 2.35. The maximum atomic E-state index is 13.2. The molecule has 1 aromatic rings. The van der Waals surface area contributed by atoms with Gasteiger partial charge >= 0.3 is 0 Å². The van der Waals surface area contributed by atoms with Gasteiger partial charge < -0.3 is 10.6 Å². The number of halogens is 1. The van der Waals surface area contributed by atoms with E-state index in [0.29, 0.717) is 6.54 Å². The Kier molecular flexibility index (Phi) is 5.23. The Morgan fingerprint density at radius 1 is 1.45 bits per heavy atom. The maximum Gasteiger partial charge on any atom is 0.237 e. The first-order chi connectivity index (χ1) is 9.23. The highest BCUT2D eigenvalue weighted by Crippen LogP contribution is 2.09. The zero-order chi connectivity index (χ0) is 15.3. The number of amides is 1. The van der Waals surface area contributed by atoms with Crippen LogP contribution in [0.25, 0.3) is 0 Å². The zero-order valence-corrected chi connectivity index (χ0v) is 12.2. The number of hydrogen-bond donors (Lipinski definition) is 2. The highest BCUT2D eigenvalue weighted by atomic mass is 19.1. The van der Waals surface area contributed by atoms with Crippen molar-refractivity contribution in [3.63, 3.8) is 0 Å². The van der Waals surface area contributed by atoms with Crippen LogP contribution in [0.15, 0.2) is 18.2 Å². The number of nitriles is 1. The predicted octanol–water partition coefficient (Wildman–Crippen LogP) is 2.09. The van der Waals surface area contributed by atoms with E-state index in [9.17, 15) is 9.18 Å². The quantitative estimate of drug-likeness (QED) is 0.885. The molecule has 4 nitrogen and oxygen atoms in total. The van der Waals surface area contributed by atoms with Gasteiger partial charge in [0.1, 0.15) is 11.9 Å². The van der Waals surface area contributed by atoms with Gasteiger partial charge in [-0.2, -0.15) is 5.26 Å². The maximum absolute atomic E-state index is 13.2. The molecule has 2 N–H and O–H groups in total. The summed E-state index contributed by atoms with van der Waals surface area (Å²) in [6, 6.07) is 5.76. The second-order valence-electron chi connectivity index (χ2n) is 5.77. The third kappa shape index (κ3) is 4.98. The van der Waals surface area contributed by atoms with Crippen LogP contribution in [-0.4, -0.2) is 17.5 Å². The van der Waals surface area contributed by atoms with Gasteiger partial charge in [0, 0.05) is 12.1 Å². The molecule has 5 heteroatoms. The van der Waals surface area contributed by atoms with E-state index < -0.39 is 5.82 Å². The van der Waals surface area contributed by atoms with Crippen molar-refractivity contribution >= 4 is 5.91 Å². The molecule has 0 radical (unpaired) electrons. The molecule has 108 valence electrons. The molecule has 20 heavy (non-hydrogen) atoms. The van der Waals surface area contributed by atoms with Crippen molar-refractivity contribution in [2.45, 2.75) is 45.8 Å². The van der Waals surface area contributed by atoms with E-state index in [2.05, 4.69) is 10.6 Å². The van der Waals surface area contributed by atoms with Crippen molar-refractivity contribution in [3.05, 3.63) is 35.1 Å². The van der Waals surface area contributed by atoms with Crippen molar-refractivity contribution in [1.82, 2.24) is 10.6 Å². The molecule has 0 fully saturated rings. The summed E-state index contributed by atoms with van der Waals surface area (Å²) in [5.41, 5.74) is 0.492. The number of benzene rings is 1. The van der Waals surface area contributed by atoms with Crippen molar-refractivity contribution in [2.24, 2.45) is 0 Å². The fourth-order valence-corrected chi connectivity index (χ4v) is 1.61. The van der Waals surface area contributed by atoms with Crippen LogP contribution in [0.3, 0.4) is 0 Å². The molecule has 1 atom stereocenters. The normalized spacial score (nSPS) is 12.6. The lowest BCUT2D eigenvalue weighted by molar-refractivity contribution is -0.124. The van der Waals surface area contributed by atoms with Gasteiger partial charge in [-0.25, -0.2) is 4.39 Å². The van der Waals surface area contributed by atoms with Crippen molar-refractivity contribution in [2.75, 3.05) is 0 Å². The minimum absolute atomic E-state index is 0.0103. The molecular weight excluding hydrogens is 257 g/mol. The first-order valence-corrected chi connectivity index (χ1v) is 6.47. The first kappa shape index (κ1) is 16.1. The summed E-state index contributed by atoms with van der Waals surface area (Å²) in [7, 11) is 0. The molecule has 0 aliphatic rings. The van der Waals surface area contributed by atoms with Crippen LogP contribution in [0.1, 0.15) is 38.8 Å². The standard InChI is InChI=1S/C15H20FN3O/c1-10(14(20)19-15(2,3)4)18-9-11-5-6-13(16)12(7-11)8-17/h5-7,10,18H,9H2,1-4H3,(H,19,20). The second-order valence-corrected chi connectivity index (χ2v) is 5.77. The molecule has 0 saturated carbocycles. The summed E-state index contributed by atoms with van der Waals surface area (Å²) in [6.07, 6.45) is 0. The topological polar surface area (TPSA) is 64.9 Å². The van der Waals surface area contributed by atoms with Crippen LogP contribution in [0.5, 0.6) is 0 Å². The minimum atomic E-state index is -0.533. The number of carbonyl (C=O) groups is 1. The average molecular weight is 277 g/mol.